The zero-order valence-electron chi connectivity index (χ0n) is 9.53. The molecule has 0 amide bonds. The molecule has 0 fully saturated rings. The first kappa shape index (κ1) is 10.9. The second-order valence-electron chi connectivity index (χ2n) is 4.42. The van der Waals surface area contributed by atoms with E-state index in [0.717, 1.165) is 23.3 Å². The molecule has 0 radical (unpaired) electrons. The first-order valence-corrected chi connectivity index (χ1v) is 5.54. The van der Waals surface area contributed by atoms with Gasteiger partial charge in [-0.2, -0.15) is 0 Å². The molecular weight excluding hydrogens is 200 g/mol. The molecule has 1 aliphatic rings. The van der Waals surface area contributed by atoms with Gasteiger partial charge in [0.15, 0.2) is 0 Å². The summed E-state index contributed by atoms with van der Waals surface area (Å²) in [5.41, 5.74) is 2.05. The van der Waals surface area contributed by atoms with Crippen LogP contribution in [0.25, 0.3) is 0 Å². The Bertz CT molecular complexity index is 420. The highest BCUT2D eigenvalue weighted by Crippen LogP contribution is 2.27. The van der Waals surface area contributed by atoms with Crippen LogP contribution in [0.3, 0.4) is 0 Å². The Balaban J connectivity index is 2.08. The SMILES string of the molecule is C=C(C)CC(=O)C1COc2ccccc2C1. The lowest BCUT2D eigenvalue weighted by atomic mass is 9.90. The molecule has 0 saturated heterocycles. The van der Waals surface area contributed by atoms with Crippen LogP contribution in [0.2, 0.25) is 0 Å². The fourth-order valence-electron chi connectivity index (χ4n) is 1.98. The molecule has 0 bridgehead atoms. The van der Waals surface area contributed by atoms with E-state index in [1.54, 1.807) is 0 Å². The predicted octanol–water partition coefficient (Wildman–Crippen LogP) is 2.77. The summed E-state index contributed by atoms with van der Waals surface area (Å²) in [7, 11) is 0. The van der Waals surface area contributed by atoms with Gasteiger partial charge in [0, 0.05) is 6.42 Å². The number of para-hydroxylation sites is 1. The highest BCUT2D eigenvalue weighted by Gasteiger charge is 2.25. The van der Waals surface area contributed by atoms with E-state index in [2.05, 4.69) is 6.58 Å². The van der Waals surface area contributed by atoms with Gasteiger partial charge in [-0.25, -0.2) is 0 Å². The Morgan fingerprint density at radius 2 is 2.25 bits per heavy atom. The Kier molecular flexibility index (Phi) is 3.09. The van der Waals surface area contributed by atoms with E-state index in [4.69, 9.17) is 4.74 Å². The molecule has 1 heterocycles. The van der Waals surface area contributed by atoms with Crippen LogP contribution in [-0.2, 0) is 11.2 Å². The third kappa shape index (κ3) is 2.32. The summed E-state index contributed by atoms with van der Waals surface area (Å²) in [5, 5.41) is 0. The van der Waals surface area contributed by atoms with Gasteiger partial charge in [-0.3, -0.25) is 4.79 Å². The third-order valence-corrected chi connectivity index (χ3v) is 2.81. The van der Waals surface area contributed by atoms with Gasteiger partial charge in [0.1, 0.15) is 11.5 Å². The van der Waals surface area contributed by atoms with Gasteiger partial charge in [0.05, 0.1) is 12.5 Å². The Labute approximate surface area is 95.9 Å². The Morgan fingerprint density at radius 3 is 3.00 bits per heavy atom. The van der Waals surface area contributed by atoms with Crippen molar-refractivity contribution in [3.63, 3.8) is 0 Å². The third-order valence-electron chi connectivity index (χ3n) is 2.81. The molecule has 2 rings (SSSR count). The summed E-state index contributed by atoms with van der Waals surface area (Å²) in [6, 6.07) is 7.91. The molecule has 1 aliphatic heterocycles. The number of ether oxygens (including phenoxy) is 1. The molecule has 1 aromatic rings. The number of hydrogen-bond donors (Lipinski definition) is 0. The molecule has 16 heavy (non-hydrogen) atoms. The molecule has 0 spiro atoms. The number of benzene rings is 1. The van der Waals surface area contributed by atoms with Crippen molar-refractivity contribution >= 4 is 5.78 Å². The lowest BCUT2D eigenvalue weighted by Gasteiger charge is -2.24. The van der Waals surface area contributed by atoms with Crippen molar-refractivity contribution in [1.29, 1.82) is 0 Å². The molecule has 0 aliphatic carbocycles. The van der Waals surface area contributed by atoms with E-state index >= 15 is 0 Å². The summed E-state index contributed by atoms with van der Waals surface area (Å²) in [5.74, 6) is 1.15. The molecule has 84 valence electrons. The van der Waals surface area contributed by atoms with Gasteiger partial charge >= 0.3 is 0 Å². The maximum absolute atomic E-state index is 11.9. The first-order chi connectivity index (χ1) is 7.66. The van der Waals surface area contributed by atoms with Crippen LogP contribution in [0, 0.1) is 5.92 Å². The second kappa shape index (κ2) is 4.52. The fraction of sp³-hybridized carbons (Fsp3) is 0.357. The van der Waals surface area contributed by atoms with Crippen molar-refractivity contribution in [3.05, 3.63) is 42.0 Å². The Hall–Kier alpha value is -1.57. The van der Waals surface area contributed by atoms with Crippen molar-refractivity contribution in [1.82, 2.24) is 0 Å². The average molecular weight is 216 g/mol. The van der Waals surface area contributed by atoms with E-state index < -0.39 is 0 Å². The number of Topliss-reactive ketones (excluding diaryl/α,β-unsaturated/α-hetero) is 1. The minimum atomic E-state index is -0.00778. The highest BCUT2D eigenvalue weighted by atomic mass is 16.5. The molecule has 1 atom stereocenters. The first-order valence-electron chi connectivity index (χ1n) is 5.54. The molecule has 1 unspecified atom stereocenters. The zero-order chi connectivity index (χ0) is 11.5. The summed E-state index contributed by atoms with van der Waals surface area (Å²) >= 11 is 0. The zero-order valence-corrected chi connectivity index (χ0v) is 9.53. The van der Waals surface area contributed by atoms with Crippen LogP contribution >= 0.6 is 0 Å². The van der Waals surface area contributed by atoms with E-state index in [1.807, 2.05) is 31.2 Å². The number of carbonyl (C=O) groups excluding carboxylic acids is 1. The molecular formula is C14H16O2. The van der Waals surface area contributed by atoms with Crippen LogP contribution < -0.4 is 4.74 Å². The predicted molar refractivity (Wildman–Crippen MR) is 63.6 cm³/mol. The molecule has 0 aromatic heterocycles. The number of carbonyl (C=O) groups is 1. The number of fused-ring (bicyclic) bond motifs is 1. The van der Waals surface area contributed by atoms with Crippen molar-refractivity contribution in [3.8, 4) is 5.75 Å². The maximum atomic E-state index is 11.9. The van der Waals surface area contributed by atoms with Crippen molar-refractivity contribution in [2.45, 2.75) is 19.8 Å². The number of hydrogen-bond acceptors (Lipinski definition) is 2. The van der Waals surface area contributed by atoms with E-state index in [9.17, 15) is 4.79 Å². The molecule has 0 N–H and O–H groups in total. The van der Waals surface area contributed by atoms with Crippen LogP contribution in [0.1, 0.15) is 18.9 Å². The largest absolute Gasteiger partial charge is 0.493 e. The van der Waals surface area contributed by atoms with Crippen molar-refractivity contribution < 1.29 is 9.53 Å². The van der Waals surface area contributed by atoms with Gasteiger partial charge in [-0.1, -0.05) is 30.4 Å². The van der Waals surface area contributed by atoms with E-state index in [-0.39, 0.29) is 11.7 Å². The minimum absolute atomic E-state index is 0.00778. The van der Waals surface area contributed by atoms with Gasteiger partial charge in [0.25, 0.3) is 0 Å². The summed E-state index contributed by atoms with van der Waals surface area (Å²) in [4.78, 5) is 11.9. The Morgan fingerprint density at radius 1 is 1.50 bits per heavy atom. The highest BCUT2D eigenvalue weighted by molar-refractivity contribution is 5.83. The van der Waals surface area contributed by atoms with Crippen molar-refractivity contribution in [2.24, 2.45) is 5.92 Å². The van der Waals surface area contributed by atoms with Crippen LogP contribution in [0.5, 0.6) is 5.75 Å². The fourth-order valence-corrected chi connectivity index (χ4v) is 1.98. The summed E-state index contributed by atoms with van der Waals surface area (Å²) in [6.45, 7) is 6.16. The van der Waals surface area contributed by atoms with Crippen LogP contribution in [-0.4, -0.2) is 12.4 Å². The smallest absolute Gasteiger partial charge is 0.143 e. The number of ketones is 1. The van der Waals surface area contributed by atoms with Gasteiger partial charge in [-0.05, 0) is 25.0 Å². The quantitative estimate of drug-likeness (QED) is 0.726. The topological polar surface area (TPSA) is 26.3 Å². The normalized spacial score (nSPS) is 18.4. The van der Waals surface area contributed by atoms with Gasteiger partial charge in [0.2, 0.25) is 0 Å². The van der Waals surface area contributed by atoms with Gasteiger partial charge < -0.3 is 4.74 Å². The second-order valence-corrected chi connectivity index (χ2v) is 4.42. The minimum Gasteiger partial charge on any atom is -0.493 e. The number of rotatable bonds is 3. The monoisotopic (exact) mass is 216 g/mol. The summed E-state index contributed by atoms with van der Waals surface area (Å²) < 4.78 is 5.59. The van der Waals surface area contributed by atoms with E-state index in [1.165, 1.54) is 0 Å². The van der Waals surface area contributed by atoms with Crippen LogP contribution in [0.15, 0.2) is 36.4 Å². The van der Waals surface area contributed by atoms with Crippen molar-refractivity contribution in [2.75, 3.05) is 6.61 Å². The van der Waals surface area contributed by atoms with Crippen LogP contribution in [0.4, 0.5) is 0 Å². The number of allylic oxidation sites excluding steroid dienone is 1. The van der Waals surface area contributed by atoms with E-state index in [0.29, 0.717) is 13.0 Å². The van der Waals surface area contributed by atoms with Gasteiger partial charge in [-0.15, -0.1) is 0 Å². The molecule has 2 heteroatoms. The lowest BCUT2D eigenvalue weighted by molar-refractivity contribution is -0.123. The lowest BCUT2D eigenvalue weighted by Crippen LogP contribution is -2.28. The maximum Gasteiger partial charge on any atom is 0.143 e. The average Bonchev–Trinajstić information content (AvgIpc) is 2.27. The molecule has 1 aromatic carbocycles. The molecule has 2 nitrogen and oxygen atoms in total. The standard InChI is InChI=1S/C14H16O2/c1-10(2)7-13(15)12-8-11-5-3-4-6-14(11)16-9-12/h3-6,12H,1,7-9H2,2H3. The molecule has 0 saturated carbocycles. The summed E-state index contributed by atoms with van der Waals surface area (Å²) in [6.07, 6.45) is 1.26.